The number of anilines is 1. The lowest BCUT2D eigenvalue weighted by Crippen LogP contribution is -2.14. The van der Waals surface area contributed by atoms with Gasteiger partial charge < -0.3 is 5.73 Å². The van der Waals surface area contributed by atoms with Gasteiger partial charge >= 0.3 is 0 Å². The molecule has 1 aromatic rings. The van der Waals surface area contributed by atoms with Gasteiger partial charge in [0.15, 0.2) is 0 Å². The summed E-state index contributed by atoms with van der Waals surface area (Å²) < 4.78 is 0.787. The summed E-state index contributed by atoms with van der Waals surface area (Å²) in [6, 6.07) is 0. The van der Waals surface area contributed by atoms with Gasteiger partial charge in [0.1, 0.15) is 11.6 Å². The van der Waals surface area contributed by atoms with Crippen LogP contribution in [0.4, 0.5) is 5.82 Å². The molecule has 1 aromatic heterocycles. The second-order valence-corrected chi connectivity index (χ2v) is 5.28. The Morgan fingerprint density at radius 3 is 2.93 bits per heavy atom. The highest BCUT2D eigenvalue weighted by atomic mass is 79.9. The fourth-order valence-corrected chi connectivity index (χ4v) is 2.45. The summed E-state index contributed by atoms with van der Waals surface area (Å²) in [5.41, 5.74) is 5.76. The lowest BCUT2D eigenvalue weighted by Gasteiger charge is -2.25. The van der Waals surface area contributed by atoms with Crippen LogP contribution in [-0.2, 0) is 0 Å². The summed E-state index contributed by atoms with van der Waals surface area (Å²) in [6.45, 7) is 2.30. The van der Waals surface area contributed by atoms with Gasteiger partial charge in [0.05, 0.1) is 4.47 Å². The highest BCUT2D eigenvalue weighted by Gasteiger charge is 2.22. The van der Waals surface area contributed by atoms with Crippen LogP contribution in [0.3, 0.4) is 0 Å². The van der Waals surface area contributed by atoms with Crippen molar-refractivity contribution in [3.8, 4) is 0 Å². The van der Waals surface area contributed by atoms with Crippen LogP contribution in [0.5, 0.6) is 0 Å². The zero-order valence-corrected chi connectivity index (χ0v) is 10.5. The molecule has 0 saturated heterocycles. The fourth-order valence-electron chi connectivity index (χ4n) is 2.26. The first-order valence-electron chi connectivity index (χ1n) is 5.44. The van der Waals surface area contributed by atoms with Gasteiger partial charge in [-0.25, -0.2) is 9.97 Å². The molecule has 0 aliphatic heterocycles. The van der Waals surface area contributed by atoms with Crippen LogP contribution in [0.15, 0.2) is 10.7 Å². The molecular formula is C11H16BrN3. The fraction of sp³-hybridized carbons (Fsp3) is 0.636. The minimum Gasteiger partial charge on any atom is -0.383 e. The third kappa shape index (κ3) is 2.48. The van der Waals surface area contributed by atoms with Crippen LogP contribution in [0.2, 0.25) is 0 Å². The lowest BCUT2D eigenvalue weighted by molar-refractivity contribution is 0.335. The maximum Gasteiger partial charge on any atom is 0.141 e. The van der Waals surface area contributed by atoms with E-state index in [-0.39, 0.29) is 0 Å². The van der Waals surface area contributed by atoms with Gasteiger partial charge in [-0.3, -0.25) is 0 Å². The van der Waals surface area contributed by atoms with Crippen LogP contribution in [0, 0.1) is 5.92 Å². The maximum atomic E-state index is 5.76. The molecule has 2 N–H and O–H groups in total. The molecule has 0 bridgehead atoms. The summed E-state index contributed by atoms with van der Waals surface area (Å²) in [7, 11) is 0. The third-order valence-corrected chi connectivity index (χ3v) is 3.70. The highest BCUT2D eigenvalue weighted by molar-refractivity contribution is 9.10. The van der Waals surface area contributed by atoms with E-state index >= 15 is 0 Å². The summed E-state index contributed by atoms with van der Waals surface area (Å²) in [5.74, 6) is 2.77. The van der Waals surface area contributed by atoms with E-state index in [0.29, 0.717) is 11.7 Å². The van der Waals surface area contributed by atoms with Crippen molar-refractivity contribution >= 4 is 21.7 Å². The van der Waals surface area contributed by atoms with Crippen molar-refractivity contribution in [1.82, 2.24) is 9.97 Å². The van der Waals surface area contributed by atoms with Gasteiger partial charge in [-0.05, 0) is 34.7 Å². The number of nitrogens with zero attached hydrogens (tertiary/aromatic N) is 2. The average molecular weight is 270 g/mol. The molecule has 2 rings (SSSR count). The minimum absolute atomic E-state index is 0.504. The number of halogens is 1. The molecule has 2 unspecified atom stereocenters. The van der Waals surface area contributed by atoms with Gasteiger partial charge in [-0.15, -0.1) is 0 Å². The smallest absolute Gasteiger partial charge is 0.141 e. The largest absolute Gasteiger partial charge is 0.383 e. The number of nitrogens with two attached hydrogens (primary N) is 1. The van der Waals surface area contributed by atoms with Crippen molar-refractivity contribution in [2.75, 3.05) is 5.73 Å². The lowest BCUT2D eigenvalue weighted by atomic mass is 9.82. The molecule has 0 aromatic carbocycles. The minimum atomic E-state index is 0.504. The summed E-state index contributed by atoms with van der Waals surface area (Å²) in [6.07, 6.45) is 6.77. The number of aromatic nitrogens is 2. The Balaban J connectivity index is 2.18. The first-order valence-corrected chi connectivity index (χ1v) is 6.24. The van der Waals surface area contributed by atoms with Gasteiger partial charge in [0.2, 0.25) is 0 Å². The van der Waals surface area contributed by atoms with E-state index in [1.54, 1.807) is 6.20 Å². The normalized spacial score (nSPS) is 26.5. The zero-order chi connectivity index (χ0) is 10.8. The SMILES string of the molecule is CC1CCCC(c2ncc(Br)c(N)n2)C1. The molecular weight excluding hydrogens is 254 g/mol. The Hall–Kier alpha value is -0.640. The standard InChI is InChI=1S/C11H16BrN3/c1-7-3-2-4-8(5-7)11-14-6-9(12)10(13)15-11/h6-8H,2-5H2,1H3,(H2,13,14,15). The number of nitrogen functional groups attached to an aromatic ring is 1. The summed E-state index contributed by atoms with van der Waals surface area (Å²) in [4.78, 5) is 8.71. The van der Waals surface area contributed by atoms with Gasteiger partial charge in [0.25, 0.3) is 0 Å². The third-order valence-electron chi connectivity index (χ3n) is 3.09. The molecule has 2 atom stereocenters. The molecule has 1 aliphatic carbocycles. The Morgan fingerprint density at radius 2 is 2.27 bits per heavy atom. The van der Waals surface area contributed by atoms with E-state index in [2.05, 4.69) is 32.8 Å². The van der Waals surface area contributed by atoms with Crippen LogP contribution in [0.25, 0.3) is 0 Å². The van der Waals surface area contributed by atoms with Crippen LogP contribution < -0.4 is 5.73 Å². The van der Waals surface area contributed by atoms with Crippen molar-refractivity contribution in [3.05, 3.63) is 16.5 Å². The highest BCUT2D eigenvalue weighted by Crippen LogP contribution is 2.34. The molecule has 1 aliphatic rings. The second kappa shape index (κ2) is 4.47. The average Bonchev–Trinajstić information content (AvgIpc) is 2.22. The molecule has 4 heteroatoms. The zero-order valence-electron chi connectivity index (χ0n) is 8.91. The Bertz CT molecular complexity index is 354. The molecule has 15 heavy (non-hydrogen) atoms. The molecule has 3 nitrogen and oxygen atoms in total. The van der Waals surface area contributed by atoms with Crippen LogP contribution in [-0.4, -0.2) is 9.97 Å². The van der Waals surface area contributed by atoms with Crippen LogP contribution in [0.1, 0.15) is 44.3 Å². The van der Waals surface area contributed by atoms with Gasteiger partial charge in [-0.2, -0.15) is 0 Å². The predicted octanol–water partition coefficient (Wildman–Crippen LogP) is 3.12. The number of hydrogen-bond donors (Lipinski definition) is 1. The quantitative estimate of drug-likeness (QED) is 0.853. The van der Waals surface area contributed by atoms with Crippen molar-refractivity contribution in [2.45, 2.75) is 38.5 Å². The van der Waals surface area contributed by atoms with Crippen molar-refractivity contribution in [3.63, 3.8) is 0 Å². The molecule has 1 saturated carbocycles. The van der Waals surface area contributed by atoms with E-state index in [0.717, 1.165) is 16.2 Å². The maximum absolute atomic E-state index is 5.76. The van der Waals surface area contributed by atoms with Gasteiger partial charge in [0, 0.05) is 12.1 Å². The monoisotopic (exact) mass is 269 g/mol. The second-order valence-electron chi connectivity index (χ2n) is 4.43. The van der Waals surface area contributed by atoms with E-state index < -0.39 is 0 Å². The van der Waals surface area contributed by atoms with E-state index in [4.69, 9.17) is 5.73 Å². The molecule has 1 heterocycles. The topological polar surface area (TPSA) is 51.8 Å². The van der Waals surface area contributed by atoms with Crippen molar-refractivity contribution in [1.29, 1.82) is 0 Å². The first-order chi connectivity index (χ1) is 7.16. The van der Waals surface area contributed by atoms with Gasteiger partial charge in [-0.1, -0.05) is 19.8 Å². The van der Waals surface area contributed by atoms with E-state index in [9.17, 15) is 0 Å². The molecule has 0 amide bonds. The number of rotatable bonds is 1. The number of hydrogen-bond acceptors (Lipinski definition) is 3. The summed E-state index contributed by atoms with van der Waals surface area (Å²) in [5, 5.41) is 0. The predicted molar refractivity (Wildman–Crippen MR) is 64.5 cm³/mol. The van der Waals surface area contributed by atoms with E-state index in [1.807, 2.05) is 0 Å². The van der Waals surface area contributed by atoms with E-state index in [1.165, 1.54) is 25.7 Å². The van der Waals surface area contributed by atoms with Crippen LogP contribution >= 0.6 is 15.9 Å². The van der Waals surface area contributed by atoms with Crippen molar-refractivity contribution in [2.24, 2.45) is 5.92 Å². The van der Waals surface area contributed by atoms with Crippen molar-refractivity contribution < 1.29 is 0 Å². The Morgan fingerprint density at radius 1 is 1.47 bits per heavy atom. The molecule has 0 spiro atoms. The first kappa shape index (κ1) is 10.9. The molecule has 0 radical (unpaired) electrons. The Kier molecular flexibility index (Phi) is 3.24. The molecule has 82 valence electrons. The molecule has 1 fully saturated rings. The summed E-state index contributed by atoms with van der Waals surface area (Å²) >= 11 is 3.32. The Labute approximate surface area is 98.6 Å².